The third kappa shape index (κ3) is 57.5. The molecule has 0 spiro atoms. The minimum absolute atomic E-state index is 0.0989. The summed E-state index contributed by atoms with van der Waals surface area (Å²) in [6.45, 7) is 7.94. The summed E-state index contributed by atoms with van der Waals surface area (Å²) in [5, 5.41) is 0. The molecule has 0 rings (SSSR count). The molecule has 0 fully saturated rings. The first kappa shape index (κ1) is 66.9. The number of rotatable bonds is 60. The Morgan fingerprint density at radius 1 is 0.265 bits per heavy atom. The van der Waals surface area contributed by atoms with Crippen LogP contribution in [0, 0.1) is 0 Å². The zero-order valence-electron chi connectivity index (χ0n) is 46.9. The highest BCUT2D eigenvalue weighted by Gasteiger charge is 2.18. The van der Waals surface area contributed by atoms with Crippen molar-refractivity contribution in [2.24, 2.45) is 0 Å². The Morgan fingerprint density at radius 3 is 0.750 bits per heavy atom. The zero-order chi connectivity index (χ0) is 49.2. The fourth-order valence-electron chi connectivity index (χ4n) is 9.93. The number of carbonyl (C=O) groups excluding carboxylic acids is 2. The maximum absolute atomic E-state index is 12.9. The molecule has 1 atom stereocenters. The van der Waals surface area contributed by atoms with Gasteiger partial charge in [0.25, 0.3) is 0 Å². The molecule has 0 saturated carbocycles. The van der Waals surface area contributed by atoms with Gasteiger partial charge in [-0.1, -0.05) is 335 Å². The summed E-state index contributed by atoms with van der Waals surface area (Å²) in [6.07, 6.45) is 70.0. The van der Waals surface area contributed by atoms with E-state index in [1.165, 1.54) is 302 Å². The fraction of sp³-hybridized carbons (Fsp3) is 0.968. The molecule has 406 valence electrons. The van der Waals surface area contributed by atoms with Gasteiger partial charge < -0.3 is 14.2 Å². The molecule has 0 aromatic heterocycles. The molecule has 0 aliphatic carbocycles. The average Bonchev–Trinajstić information content (AvgIpc) is 3.34. The van der Waals surface area contributed by atoms with Crippen molar-refractivity contribution >= 4 is 11.9 Å². The molecule has 0 aliphatic rings. The molecule has 0 heterocycles. The van der Waals surface area contributed by atoms with Crippen molar-refractivity contribution in [3.05, 3.63) is 0 Å². The summed E-state index contributed by atoms with van der Waals surface area (Å²) >= 11 is 0. The van der Waals surface area contributed by atoms with E-state index in [9.17, 15) is 9.59 Å². The number of hydrogen-bond donors (Lipinski definition) is 0. The van der Waals surface area contributed by atoms with Crippen LogP contribution in [0.5, 0.6) is 0 Å². The van der Waals surface area contributed by atoms with Crippen LogP contribution in [0.25, 0.3) is 0 Å². The van der Waals surface area contributed by atoms with Gasteiger partial charge in [0.15, 0.2) is 6.10 Å². The Labute approximate surface area is 427 Å². The molecular weight excluding hydrogens is 837 g/mol. The van der Waals surface area contributed by atoms with Gasteiger partial charge in [0.05, 0.1) is 6.61 Å². The molecule has 0 amide bonds. The molecule has 0 saturated heterocycles. The molecule has 0 N–H and O–H groups in total. The summed E-state index contributed by atoms with van der Waals surface area (Å²) < 4.78 is 17.6. The first-order valence-electron chi connectivity index (χ1n) is 31.6. The summed E-state index contributed by atoms with van der Waals surface area (Å²) in [5.74, 6) is -0.361. The SMILES string of the molecule is CCCCCCCCCCCCCCCCCCCCCCCC(=O)OC[C@@H](COCCCCCCCCCCCCCCCCCC)OC(=O)CCCCCCCCCCCCCCCCC. The first-order chi connectivity index (χ1) is 33.6. The number of ether oxygens (including phenoxy) is 3. The van der Waals surface area contributed by atoms with E-state index in [2.05, 4.69) is 20.8 Å². The lowest BCUT2D eigenvalue weighted by Crippen LogP contribution is -2.30. The van der Waals surface area contributed by atoms with Crippen molar-refractivity contribution in [1.82, 2.24) is 0 Å². The Kier molecular flexibility index (Phi) is 59.2. The maximum atomic E-state index is 12.9. The summed E-state index contributed by atoms with van der Waals surface area (Å²) in [5.41, 5.74) is 0. The van der Waals surface area contributed by atoms with Gasteiger partial charge in [-0.2, -0.15) is 0 Å². The molecule has 68 heavy (non-hydrogen) atoms. The lowest BCUT2D eigenvalue weighted by atomic mass is 10.0. The Balaban J connectivity index is 4.14. The molecule has 0 aromatic rings. The van der Waals surface area contributed by atoms with E-state index >= 15 is 0 Å². The van der Waals surface area contributed by atoms with Crippen molar-refractivity contribution < 1.29 is 23.8 Å². The first-order valence-corrected chi connectivity index (χ1v) is 31.6. The van der Waals surface area contributed by atoms with Crippen molar-refractivity contribution in [3.63, 3.8) is 0 Å². The lowest BCUT2D eigenvalue weighted by molar-refractivity contribution is -0.163. The van der Waals surface area contributed by atoms with Crippen molar-refractivity contribution in [3.8, 4) is 0 Å². The Morgan fingerprint density at radius 2 is 0.485 bits per heavy atom. The molecule has 5 nitrogen and oxygen atoms in total. The largest absolute Gasteiger partial charge is 0.462 e. The quantitative estimate of drug-likeness (QED) is 0.0449. The van der Waals surface area contributed by atoms with Crippen LogP contribution in [0.15, 0.2) is 0 Å². The molecule has 0 aromatic carbocycles. The Bertz CT molecular complexity index is 952. The minimum Gasteiger partial charge on any atom is -0.462 e. The van der Waals surface area contributed by atoms with Crippen LogP contribution in [-0.4, -0.2) is 37.9 Å². The van der Waals surface area contributed by atoms with E-state index in [1.807, 2.05) is 0 Å². The monoisotopic (exact) mass is 961 g/mol. The van der Waals surface area contributed by atoms with Gasteiger partial charge in [0, 0.05) is 19.4 Å². The van der Waals surface area contributed by atoms with Gasteiger partial charge in [-0.15, -0.1) is 0 Å². The second-order valence-electron chi connectivity index (χ2n) is 21.7. The molecule has 0 bridgehead atoms. The molecule has 0 aliphatic heterocycles. The second kappa shape index (κ2) is 60.2. The van der Waals surface area contributed by atoms with Gasteiger partial charge in [0.1, 0.15) is 6.61 Å². The predicted molar refractivity (Wildman–Crippen MR) is 298 cm³/mol. The van der Waals surface area contributed by atoms with Crippen LogP contribution in [0.2, 0.25) is 0 Å². The average molecular weight is 962 g/mol. The van der Waals surface area contributed by atoms with Gasteiger partial charge in [-0.25, -0.2) is 0 Å². The summed E-state index contributed by atoms with van der Waals surface area (Å²) in [7, 11) is 0. The number of carbonyl (C=O) groups is 2. The smallest absolute Gasteiger partial charge is 0.306 e. The Hall–Kier alpha value is -1.10. The van der Waals surface area contributed by atoms with Crippen LogP contribution >= 0.6 is 0 Å². The number of esters is 2. The minimum atomic E-state index is -0.524. The standard InChI is InChI=1S/C63H124O5/c1-4-7-10-13-16-19-22-25-28-30-31-32-33-34-36-38-41-44-47-50-53-56-62(64)67-60-61(59-66-58-55-52-49-46-43-40-37-29-26-23-20-17-14-11-8-5-2)68-63(65)57-54-51-48-45-42-39-35-27-24-21-18-15-12-9-6-3/h61H,4-60H2,1-3H3/t61-/m1/s1. The second-order valence-corrected chi connectivity index (χ2v) is 21.7. The van der Waals surface area contributed by atoms with Crippen LogP contribution in [0.3, 0.4) is 0 Å². The normalized spacial score (nSPS) is 12.0. The van der Waals surface area contributed by atoms with Crippen molar-refractivity contribution in [1.29, 1.82) is 0 Å². The number of hydrogen-bond acceptors (Lipinski definition) is 5. The fourth-order valence-corrected chi connectivity index (χ4v) is 9.93. The molecule has 5 heteroatoms. The van der Waals surface area contributed by atoms with E-state index < -0.39 is 6.10 Å². The van der Waals surface area contributed by atoms with Gasteiger partial charge in [0.2, 0.25) is 0 Å². The summed E-state index contributed by atoms with van der Waals surface area (Å²) in [6, 6.07) is 0. The van der Waals surface area contributed by atoms with Crippen LogP contribution in [0.4, 0.5) is 0 Å². The predicted octanol–water partition coefficient (Wildman–Crippen LogP) is 21.6. The van der Waals surface area contributed by atoms with Gasteiger partial charge in [-0.05, 0) is 19.3 Å². The van der Waals surface area contributed by atoms with Crippen LogP contribution in [-0.2, 0) is 23.8 Å². The van der Waals surface area contributed by atoms with E-state index in [4.69, 9.17) is 14.2 Å². The van der Waals surface area contributed by atoms with Gasteiger partial charge >= 0.3 is 11.9 Å². The number of unbranched alkanes of at least 4 members (excludes halogenated alkanes) is 49. The van der Waals surface area contributed by atoms with Crippen LogP contribution < -0.4 is 0 Å². The van der Waals surface area contributed by atoms with E-state index in [-0.39, 0.29) is 18.5 Å². The van der Waals surface area contributed by atoms with Crippen molar-refractivity contribution in [2.75, 3.05) is 19.8 Å². The van der Waals surface area contributed by atoms with E-state index in [1.54, 1.807) is 0 Å². The summed E-state index contributed by atoms with van der Waals surface area (Å²) in [4.78, 5) is 25.6. The zero-order valence-corrected chi connectivity index (χ0v) is 46.9. The molecule has 0 radical (unpaired) electrons. The lowest BCUT2D eigenvalue weighted by Gasteiger charge is -2.18. The highest BCUT2D eigenvalue weighted by Crippen LogP contribution is 2.18. The van der Waals surface area contributed by atoms with E-state index in [0.717, 1.165) is 32.1 Å². The third-order valence-corrected chi connectivity index (χ3v) is 14.6. The van der Waals surface area contributed by atoms with Gasteiger partial charge in [-0.3, -0.25) is 9.59 Å². The molecule has 0 unspecified atom stereocenters. The highest BCUT2D eigenvalue weighted by atomic mass is 16.6. The topological polar surface area (TPSA) is 61.8 Å². The van der Waals surface area contributed by atoms with Crippen molar-refractivity contribution in [2.45, 2.75) is 374 Å². The maximum Gasteiger partial charge on any atom is 0.306 e. The third-order valence-electron chi connectivity index (χ3n) is 14.6. The highest BCUT2D eigenvalue weighted by molar-refractivity contribution is 5.70. The van der Waals surface area contributed by atoms with E-state index in [0.29, 0.717) is 26.1 Å². The molecular formula is C63H124O5. The van der Waals surface area contributed by atoms with Crippen LogP contribution in [0.1, 0.15) is 367 Å².